The number of halogens is 1. The molecule has 0 unspecified atom stereocenters. The quantitative estimate of drug-likeness (QED) is 0.891. The fourth-order valence-corrected chi connectivity index (χ4v) is 2.99. The van der Waals surface area contributed by atoms with Crippen LogP contribution < -0.4 is 5.32 Å². The number of amides is 2. The van der Waals surface area contributed by atoms with Crippen LogP contribution >= 0.6 is 15.9 Å². The van der Waals surface area contributed by atoms with Crippen LogP contribution in [0.2, 0.25) is 0 Å². The Morgan fingerprint density at radius 2 is 2.00 bits per heavy atom. The fourth-order valence-electron chi connectivity index (χ4n) is 2.54. The van der Waals surface area contributed by atoms with Gasteiger partial charge >= 0.3 is 0 Å². The van der Waals surface area contributed by atoms with E-state index in [1.54, 1.807) is 0 Å². The van der Waals surface area contributed by atoms with E-state index >= 15 is 0 Å². The zero-order valence-corrected chi connectivity index (χ0v) is 13.8. The van der Waals surface area contributed by atoms with Crippen molar-refractivity contribution < 1.29 is 9.59 Å². The summed E-state index contributed by atoms with van der Waals surface area (Å²) in [5.41, 5.74) is 0.684. The van der Waals surface area contributed by atoms with Gasteiger partial charge in [-0.3, -0.25) is 9.59 Å². The Hall–Kier alpha value is -1.87. The van der Waals surface area contributed by atoms with Gasteiger partial charge in [0.2, 0.25) is 5.91 Å². The van der Waals surface area contributed by atoms with Gasteiger partial charge in [-0.1, -0.05) is 12.1 Å². The Morgan fingerprint density at radius 1 is 1.32 bits per heavy atom. The molecule has 5 nitrogen and oxygen atoms in total. The predicted molar refractivity (Wildman–Crippen MR) is 86.0 cm³/mol. The second-order valence-electron chi connectivity index (χ2n) is 5.35. The largest absolute Gasteiger partial charge is 0.355 e. The van der Waals surface area contributed by atoms with Crippen molar-refractivity contribution in [2.75, 3.05) is 19.6 Å². The van der Waals surface area contributed by atoms with Crippen molar-refractivity contribution in [3.8, 4) is 6.07 Å². The maximum absolute atomic E-state index is 12.5. The van der Waals surface area contributed by atoms with E-state index in [0.29, 0.717) is 31.1 Å². The lowest BCUT2D eigenvalue weighted by atomic mass is 9.96. The van der Waals surface area contributed by atoms with E-state index in [-0.39, 0.29) is 18.2 Å². The van der Waals surface area contributed by atoms with E-state index in [2.05, 4.69) is 21.2 Å². The van der Waals surface area contributed by atoms with Crippen LogP contribution in [0.25, 0.3) is 0 Å². The number of nitrogens with one attached hydrogen (secondary N) is 1. The summed E-state index contributed by atoms with van der Waals surface area (Å²) < 4.78 is 0.811. The zero-order chi connectivity index (χ0) is 15.9. The maximum Gasteiger partial charge on any atom is 0.254 e. The highest BCUT2D eigenvalue weighted by atomic mass is 79.9. The number of carbonyl (C=O) groups is 2. The molecule has 1 N–H and O–H groups in total. The summed E-state index contributed by atoms with van der Waals surface area (Å²) in [6, 6.07) is 9.26. The van der Waals surface area contributed by atoms with Gasteiger partial charge in [-0.15, -0.1) is 0 Å². The lowest BCUT2D eigenvalue weighted by Gasteiger charge is -2.32. The number of rotatable bonds is 4. The Balaban J connectivity index is 1.82. The number of nitriles is 1. The highest BCUT2D eigenvalue weighted by Gasteiger charge is 2.24. The molecule has 2 amide bonds. The average Bonchev–Trinajstić information content (AvgIpc) is 2.53. The van der Waals surface area contributed by atoms with E-state index in [9.17, 15) is 9.59 Å². The van der Waals surface area contributed by atoms with Crippen LogP contribution in [-0.2, 0) is 4.79 Å². The molecule has 0 bridgehead atoms. The van der Waals surface area contributed by atoms with E-state index in [0.717, 1.165) is 17.3 Å². The number of hydrogen-bond donors (Lipinski definition) is 1. The van der Waals surface area contributed by atoms with Crippen LogP contribution in [0.5, 0.6) is 0 Å². The second-order valence-corrected chi connectivity index (χ2v) is 6.21. The number of likely N-dealkylation sites (tertiary alicyclic amines) is 1. The van der Waals surface area contributed by atoms with Gasteiger partial charge in [0, 0.05) is 24.1 Å². The van der Waals surface area contributed by atoms with Gasteiger partial charge in [0.15, 0.2) is 0 Å². The summed E-state index contributed by atoms with van der Waals surface area (Å²) >= 11 is 3.41. The molecule has 1 saturated heterocycles. The number of nitrogens with zero attached hydrogens (tertiary/aromatic N) is 2. The summed E-state index contributed by atoms with van der Waals surface area (Å²) in [6.07, 6.45) is 1.63. The smallest absolute Gasteiger partial charge is 0.254 e. The number of hydrogen-bond acceptors (Lipinski definition) is 3. The standard InChI is InChI=1S/C16H18BrN3O2/c17-14-4-2-1-3-13(14)16(22)20-9-6-12(7-10-20)11-19-15(21)5-8-18/h1-4,12H,5-7,9-11H2,(H,19,21). The molecule has 6 heteroatoms. The molecule has 22 heavy (non-hydrogen) atoms. The molecule has 1 aliphatic heterocycles. The van der Waals surface area contributed by atoms with Crippen molar-refractivity contribution in [2.45, 2.75) is 19.3 Å². The molecule has 1 aromatic rings. The normalized spacial score (nSPS) is 15.2. The lowest BCUT2D eigenvalue weighted by Crippen LogP contribution is -2.41. The summed E-state index contributed by atoms with van der Waals surface area (Å²) in [4.78, 5) is 25.6. The molecule has 1 aliphatic rings. The molecule has 0 aliphatic carbocycles. The highest BCUT2D eigenvalue weighted by molar-refractivity contribution is 9.10. The van der Waals surface area contributed by atoms with Crippen molar-refractivity contribution in [1.82, 2.24) is 10.2 Å². The number of piperidine rings is 1. The molecule has 1 aromatic carbocycles. The van der Waals surface area contributed by atoms with Crippen LogP contribution in [0.4, 0.5) is 0 Å². The van der Waals surface area contributed by atoms with E-state index in [1.165, 1.54) is 0 Å². The van der Waals surface area contributed by atoms with Crippen molar-refractivity contribution in [2.24, 2.45) is 5.92 Å². The Morgan fingerprint density at radius 3 is 2.64 bits per heavy atom. The minimum absolute atomic E-state index is 0.0411. The number of benzene rings is 1. The number of carbonyl (C=O) groups excluding carboxylic acids is 2. The molecular weight excluding hydrogens is 346 g/mol. The molecule has 0 atom stereocenters. The summed E-state index contributed by atoms with van der Waals surface area (Å²) in [5, 5.41) is 11.2. The summed E-state index contributed by atoms with van der Waals surface area (Å²) in [7, 11) is 0. The summed E-state index contributed by atoms with van der Waals surface area (Å²) in [5.74, 6) is 0.180. The van der Waals surface area contributed by atoms with Crippen molar-refractivity contribution in [1.29, 1.82) is 5.26 Å². The third kappa shape index (κ3) is 4.31. The van der Waals surface area contributed by atoms with Gasteiger partial charge in [0.1, 0.15) is 6.42 Å². The Bertz CT molecular complexity index is 589. The zero-order valence-electron chi connectivity index (χ0n) is 12.2. The third-order valence-corrected chi connectivity index (χ3v) is 4.53. The first-order valence-corrected chi connectivity index (χ1v) is 8.08. The highest BCUT2D eigenvalue weighted by Crippen LogP contribution is 2.22. The van der Waals surface area contributed by atoms with E-state index in [1.807, 2.05) is 35.2 Å². The molecule has 0 saturated carbocycles. The predicted octanol–water partition coefficient (Wildman–Crippen LogP) is 2.33. The van der Waals surface area contributed by atoms with Crippen molar-refractivity contribution in [3.05, 3.63) is 34.3 Å². The Labute approximate surface area is 138 Å². The fraction of sp³-hybridized carbons (Fsp3) is 0.438. The molecule has 2 rings (SSSR count). The monoisotopic (exact) mass is 363 g/mol. The van der Waals surface area contributed by atoms with Gasteiger partial charge in [-0.25, -0.2) is 0 Å². The first kappa shape index (κ1) is 16.5. The average molecular weight is 364 g/mol. The molecule has 0 spiro atoms. The minimum Gasteiger partial charge on any atom is -0.355 e. The SMILES string of the molecule is N#CCC(=O)NCC1CCN(C(=O)c2ccccc2Br)CC1. The first-order chi connectivity index (χ1) is 10.6. The molecule has 1 fully saturated rings. The first-order valence-electron chi connectivity index (χ1n) is 7.29. The van der Waals surface area contributed by atoms with Crippen LogP contribution in [0.1, 0.15) is 29.6 Å². The minimum atomic E-state index is -0.228. The third-order valence-electron chi connectivity index (χ3n) is 3.83. The molecular formula is C16H18BrN3O2. The van der Waals surface area contributed by atoms with E-state index < -0.39 is 0 Å². The molecule has 116 valence electrons. The van der Waals surface area contributed by atoms with Crippen LogP contribution in [0, 0.1) is 17.2 Å². The topological polar surface area (TPSA) is 73.2 Å². The van der Waals surface area contributed by atoms with E-state index in [4.69, 9.17) is 5.26 Å². The Kier molecular flexibility index (Phi) is 5.96. The lowest BCUT2D eigenvalue weighted by molar-refractivity contribution is -0.120. The van der Waals surface area contributed by atoms with Gasteiger partial charge in [-0.05, 0) is 46.8 Å². The van der Waals surface area contributed by atoms with Crippen LogP contribution in [0.15, 0.2) is 28.7 Å². The van der Waals surface area contributed by atoms with Crippen LogP contribution in [0.3, 0.4) is 0 Å². The molecule has 1 heterocycles. The van der Waals surface area contributed by atoms with Gasteiger partial charge < -0.3 is 10.2 Å². The second kappa shape index (κ2) is 7.95. The van der Waals surface area contributed by atoms with Gasteiger partial charge in [0.25, 0.3) is 5.91 Å². The molecule has 0 radical (unpaired) electrons. The van der Waals surface area contributed by atoms with Gasteiger partial charge in [-0.2, -0.15) is 5.26 Å². The van der Waals surface area contributed by atoms with Gasteiger partial charge in [0.05, 0.1) is 11.6 Å². The van der Waals surface area contributed by atoms with Crippen LogP contribution in [-0.4, -0.2) is 36.3 Å². The van der Waals surface area contributed by atoms with Crippen molar-refractivity contribution in [3.63, 3.8) is 0 Å². The summed E-state index contributed by atoms with van der Waals surface area (Å²) in [6.45, 7) is 1.97. The maximum atomic E-state index is 12.5. The molecule has 0 aromatic heterocycles. The van der Waals surface area contributed by atoms with Crippen molar-refractivity contribution >= 4 is 27.7 Å².